The SMILES string of the molecule is Cc1cc(CNC(C)(C)C)cc(C)c1OCc1ccno1. The van der Waals surface area contributed by atoms with E-state index in [1.54, 1.807) is 6.20 Å². The Bertz CT molecular complexity index is 560. The molecule has 0 atom stereocenters. The summed E-state index contributed by atoms with van der Waals surface area (Å²) >= 11 is 0. The Balaban J connectivity index is 2.06. The largest absolute Gasteiger partial charge is 0.485 e. The molecule has 114 valence electrons. The first-order valence-electron chi connectivity index (χ1n) is 7.23. The molecule has 0 unspecified atom stereocenters. The molecule has 0 fully saturated rings. The van der Waals surface area contributed by atoms with Crippen LogP contribution in [0.1, 0.15) is 43.2 Å². The van der Waals surface area contributed by atoms with Crippen molar-refractivity contribution in [1.82, 2.24) is 10.5 Å². The van der Waals surface area contributed by atoms with Gasteiger partial charge in [-0.1, -0.05) is 17.3 Å². The van der Waals surface area contributed by atoms with Crippen LogP contribution in [0.2, 0.25) is 0 Å². The summed E-state index contributed by atoms with van der Waals surface area (Å²) < 4.78 is 10.9. The molecule has 1 N–H and O–H groups in total. The minimum absolute atomic E-state index is 0.114. The highest BCUT2D eigenvalue weighted by atomic mass is 16.5. The Labute approximate surface area is 126 Å². The Morgan fingerprint density at radius 1 is 1.19 bits per heavy atom. The second kappa shape index (κ2) is 6.31. The fraction of sp³-hybridized carbons (Fsp3) is 0.471. The van der Waals surface area contributed by atoms with Gasteiger partial charge in [0.1, 0.15) is 12.4 Å². The molecule has 2 aromatic rings. The first-order chi connectivity index (χ1) is 9.85. The van der Waals surface area contributed by atoms with Crippen LogP contribution in [0.25, 0.3) is 0 Å². The van der Waals surface area contributed by atoms with Gasteiger partial charge in [0, 0.05) is 18.2 Å². The van der Waals surface area contributed by atoms with E-state index in [0.29, 0.717) is 6.61 Å². The lowest BCUT2D eigenvalue weighted by molar-refractivity contribution is 0.246. The van der Waals surface area contributed by atoms with Crippen LogP contribution in [-0.2, 0) is 13.2 Å². The second-order valence-electron chi connectivity index (χ2n) is 6.43. The van der Waals surface area contributed by atoms with Gasteiger partial charge >= 0.3 is 0 Å². The summed E-state index contributed by atoms with van der Waals surface area (Å²) in [6, 6.07) is 6.15. The molecule has 0 bridgehead atoms. The highest BCUT2D eigenvalue weighted by Crippen LogP contribution is 2.26. The fourth-order valence-corrected chi connectivity index (χ4v) is 2.20. The number of benzene rings is 1. The summed E-state index contributed by atoms with van der Waals surface area (Å²) in [4.78, 5) is 0. The van der Waals surface area contributed by atoms with E-state index < -0.39 is 0 Å². The van der Waals surface area contributed by atoms with E-state index in [1.165, 1.54) is 5.56 Å². The van der Waals surface area contributed by atoms with Crippen molar-refractivity contribution in [3.63, 3.8) is 0 Å². The summed E-state index contributed by atoms with van der Waals surface area (Å²) in [7, 11) is 0. The molecule has 0 amide bonds. The van der Waals surface area contributed by atoms with Crippen LogP contribution in [0.4, 0.5) is 0 Å². The van der Waals surface area contributed by atoms with E-state index in [4.69, 9.17) is 9.26 Å². The van der Waals surface area contributed by atoms with Crippen molar-refractivity contribution in [3.8, 4) is 5.75 Å². The van der Waals surface area contributed by atoms with Crippen molar-refractivity contribution in [1.29, 1.82) is 0 Å². The second-order valence-corrected chi connectivity index (χ2v) is 6.43. The minimum Gasteiger partial charge on any atom is -0.485 e. The van der Waals surface area contributed by atoms with Gasteiger partial charge in [0.2, 0.25) is 0 Å². The minimum atomic E-state index is 0.114. The third-order valence-corrected chi connectivity index (χ3v) is 3.19. The quantitative estimate of drug-likeness (QED) is 0.910. The standard InChI is InChI=1S/C17H24N2O2/c1-12-8-14(10-18-17(3,4)5)9-13(2)16(12)20-11-15-6-7-19-21-15/h6-9,18H,10-11H2,1-5H3. The summed E-state index contributed by atoms with van der Waals surface area (Å²) in [5.41, 5.74) is 3.66. The fourth-order valence-electron chi connectivity index (χ4n) is 2.20. The van der Waals surface area contributed by atoms with Crippen molar-refractivity contribution >= 4 is 0 Å². The maximum absolute atomic E-state index is 5.86. The smallest absolute Gasteiger partial charge is 0.174 e. The summed E-state index contributed by atoms with van der Waals surface area (Å²) in [5, 5.41) is 7.18. The maximum Gasteiger partial charge on any atom is 0.174 e. The van der Waals surface area contributed by atoms with Gasteiger partial charge in [-0.25, -0.2) is 0 Å². The van der Waals surface area contributed by atoms with E-state index >= 15 is 0 Å². The number of aryl methyl sites for hydroxylation is 2. The molecular weight excluding hydrogens is 264 g/mol. The Morgan fingerprint density at radius 2 is 1.86 bits per heavy atom. The normalized spacial score (nSPS) is 11.7. The maximum atomic E-state index is 5.86. The Kier molecular flexibility index (Phi) is 4.68. The van der Waals surface area contributed by atoms with Gasteiger partial charge in [-0.2, -0.15) is 0 Å². The van der Waals surface area contributed by atoms with Crippen LogP contribution >= 0.6 is 0 Å². The molecule has 4 nitrogen and oxygen atoms in total. The molecule has 0 aliphatic heterocycles. The predicted molar refractivity (Wildman–Crippen MR) is 83.3 cm³/mol. The third kappa shape index (κ3) is 4.60. The van der Waals surface area contributed by atoms with Crippen molar-refractivity contribution in [2.24, 2.45) is 0 Å². The van der Waals surface area contributed by atoms with Crippen LogP contribution in [0.3, 0.4) is 0 Å². The van der Waals surface area contributed by atoms with Crippen molar-refractivity contribution < 1.29 is 9.26 Å². The predicted octanol–water partition coefficient (Wildman–Crippen LogP) is 3.76. The van der Waals surface area contributed by atoms with Gasteiger partial charge in [0.25, 0.3) is 0 Å². The van der Waals surface area contributed by atoms with Gasteiger partial charge in [0.05, 0.1) is 6.20 Å². The number of hydrogen-bond acceptors (Lipinski definition) is 4. The lowest BCUT2D eigenvalue weighted by Gasteiger charge is -2.21. The molecular formula is C17H24N2O2. The first-order valence-corrected chi connectivity index (χ1v) is 7.23. The van der Waals surface area contributed by atoms with E-state index in [-0.39, 0.29) is 5.54 Å². The highest BCUT2D eigenvalue weighted by molar-refractivity contribution is 5.43. The molecule has 1 aromatic heterocycles. The van der Waals surface area contributed by atoms with Crippen LogP contribution in [-0.4, -0.2) is 10.7 Å². The van der Waals surface area contributed by atoms with Crippen LogP contribution in [0.5, 0.6) is 5.75 Å². The average molecular weight is 288 g/mol. The summed E-state index contributed by atoms with van der Waals surface area (Å²) in [6.45, 7) is 11.9. The van der Waals surface area contributed by atoms with Crippen LogP contribution in [0, 0.1) is 13.8 Å². The van der Waals surface area contributed by atoms with Gasteiger partial charge in [0.15, 0.2) is 5.76 Å². The van der Waals surface area contributed by atoms with E-state index in [1.807, 2.05) is 6.07 Å². The van der Waals surface area contributed by atoms with Crippen molar-refractivity contribution in [3.05, 3.63) is 46.8 Å². The van der Waals surface area contributed by atoms with E-state index in [2.05, 4.69) is 57.2 Å². The van der Waals surface area contributed by atoms with Crippen LogP contribution in [0.15, 0.2) is 28.9 Å². The lowest BCUT2D eigenvalue weighted by Crippen LogP contribution is -2.35. The Hall–Kier alpha value is -1.81. The van der Waals surface area contributed by atoms with Crippen LogP contribution < -0.4 is 10.1 Å². The summed E-state index contributed by atoms with van der Waals surface area (Å²) in [6.07, 6.45) is 1.62. The van der Waals surface area contributed by atoms with Gasteiger partial charge < -0.3 is 14.6 Å². The molecule has 4 heteroatoms. The van der Waals surface area contributed by atoms with Gasteiger partial charge in [-0.15, -0.1) is 0 Å². The molecule has 0 spiro atoms. The molecule has 0 radical (unpaired) electrons. The molecule has 0 saturated carbocycles. The van der Waals surface area contributed by atoms with Gasteiger partial charge in [-0.05, 0) is 51.3 Å². The molecule has 1 aromatic carbocycles. The third-order valence-electron chi connectivity index (χ3n) is 3.19. The molecule has 0 saturated heterocycles. The van der Waals surface area contributed by atoms with E-state index in [0.717, 1.165) is 29.2 Å². The van der Waals surface area contributed by atoms with E-state index in [9.17, 15) is 0 Å². The number of ether oxygens (including phenoxy) is 1. The zero-order chi connectivity index (χ0) is 15.5. The average Bonchev–Trinajstić information content (AvgIpc) is 2.87. The summed E-state index contributed by atoms with van der Waals surface area (Å²) in [5.74, 6) is 1.65. The number of nitrogens with one attached hydrogen (secondary N) is 1. The number of rotatable bonds is 5. The molecule has 2 rings (SSSR count). The van der Waals surface area contributed by atoms with Crippen molar-refractivity contribution in [2.75, 3.05) is 0 Å². The zero-order valence-electron chi connectivity index (χ0n) is 13.5. The number of nitrogens with zero attached hydrogens (tertiary/aromatic N) is 1. The number of hydrogen-bond donors (Lipinski definition) is 1. The molecule has 21 heavy (non-hydrogen) atoms. The molecule has 1 heterocycles. The number of aromatic nitrogens is 1. The zero-order valence-corrected chi connectivity index (χ0v) is 13.5. The first kappa shape index (κ1) is 15.6. The highest BCUT2D eigenvalue weighted by Gasteiger charge is 2.11. The molecule has 0 aliphatic rings. The Morgan fingerprint density at radius 3 is 2.38 bits per heavy atom. The van der Waals surface area contributed by atoms with Gasteiger partial charge in [-0.3, -0.25) is 0 Å². The topological polar surface area (TPSA) is 47.3 Å². The molecule has 0 aliphatic carbocycles. The lowest BCUT2D eigenvalue weighted by atomic mass is 10.0. The monoisotopic (exact) mass is 288 g/mol. The van der Waals surface area contributed by atoms with Crippen molar-refractivity contribution in [2.45, 2.75) is 53.3 Å².